The van der Waals surface area contributed by atoms with Crippen LogP contribution in [-0.4, -0.2) is 18.6 Å². The fraction of sp³-hybridized carbons (Fsp3) is 0.368. The zero-order valence-corrected chi connectivity index (χ0v) is 13.1. The molecule has 2 N–H and O–H groups in total. The third-order valence-electron chi connectivity index (χ3n) is 4.37. The van der Waals surface area contributed by atoms with Crippen molar-refractivity contribution in [1.29, 1.82) is 0 Å². The summed E-state index contributed by atoms with van der Waals surface area (Å²) in [5.74, 6) is 0. The second-order valence-corrected chi connectivity index (χ2v) is 5.52. The minimum atomic E-state index is -0.0303. The Balaban J connectivity index is 2.35. The third kappa shape index (κ3) is 3.45. The summed E-state index contributed by atoms with van der Waals surface area (Å²) in [6.07, 6.45) is 2.00. The monoisotopic (exact) mass is 282 g/mol. The van der Waals surface area contributed by atoms with Crippen LogP contribution in [0, 0.1) is 0 Å². The highest BCUT2D eigenvalue weighted by Gasteiger charge is 2.33. The maximum atomic E-state index is 6.24. The Morgan fingerprint density at radius 3 is 1.95 bits per heavy atom. The Hall–Kier alpha value is -1.80. The lowest BCUT2D eigenvalue weighted by molar-refractivity contribution is 0.381. The van der Waals surface area contributed by atoms with E-state index in [0.29, 0.717) is 6.54 Å². The van der Waals surface area contributed by atoms with Crippen LogP contribution in [0.1, 0.15) is 25.8 Å². The zero-order chi connectivity index (χ0) is 15.1. The van der Waals surface area contributed by atoms with E-state index in [4.69, 9.17) is 5.73 Å². The Morgan fingerprint density at radius 2 is 1.48 bits per heavy atom. The van der Waals surface area contributed by atoms with Crippen LogP contribution in [0.4, 0.5) is 5.69 Å². The number of para-hydroxylation sites is 1. The van der Waals surface area contributed by atoms with Crippen LogP contribution in [0.3, 0.4) is 0 Å². The summed E-state index contributed by atoms with van der Waals surface area (Å²) in [6, 6.07) is 21.3. The van der Waals surface area contributed by atoms with Gasteiger partial charge in [0.2, 0.25) is 0 Å². The third-order valence-corrected chi connectivity index (χ3v) is 4.37. The molecule has 1 atom stereocenters. The minimum Gasteiger partial charge on any atom is -0.365 e. The highest BCUT2D eigenvalue weighted by Crippen LogP contribution is 2.29. The number of benzene rings is 2. The van der Waals surface area contributed by atoms with E-state index in [2.05, 4.69) is 79.4 Å². The Labute approximate surface area is 128 Å². The summed E-state index contributed by atoms with van der Waals surface area (Å²) < 4.78 is 0. The Bertz CT molecular complexity index is 518. The number of hydrogen-bond acceptors (Lipinski definition) is 2. The van der Waals surface area contributed by atoms with Crippen molar-refractivity contribution < 1.29 is 0 Å². The molecule has 2 aromatic carbocycles. The van der Waals surface area contributed by atoms with E-state index in [1.807, 2.05) is 0 Å². The molecule has 0 aromatic heterocycles. The van der Waals surface area contributed by atoms with E-state index in [1.165, 1.54) is 11.3 Å². The topological polar surface area (TPSA) is 29.3 Å². The molecule has 0 radical (unpaired) electrons. The van der Waals surface area contributed by atoms with Crippen molar-refractivity contribution >= 4 is 5.69 Å². The van der Waals surface area contributed by atoms with Crippen molar-refractivity contribution in [2.75, 3.05) is 18.0 Å². The van der Waals surface area contributed by atoms with Crippen LogP contribution < -0.4 is 10.6 Å². The van der Waals surface area contributed by atoms with Gasteiger partial charge in [0.1, 0.15) is 0 Å². The van der Waals surface area contributed by atoms with Gasteiger partial charge in [-0.2, -0.15) is 0 Å². The fourth-order valence-corrected chi connectivity index (χ4v) is 3.11. The lowest BCUT2D eigenvalue weighted by Crippen LogP contribution is -2.55. The van der Waals surface area contributed by atoms with Crippen LogP contribution in [0.5, 0.6) is 0 Å². The quantitative estimate of drug-likeness (QED) is 0.835. The van der Waals surface area contributed by atoms with Crippen LogP contribution in [0.2, 0.25) is 0 Å². The molecule has 0 aliphatic rings. The molecule has 0 spiro atoms. The molecule has 0 heterocycles. The first kappa shape index (κ1) is 15.6. The van der Waals surface area contributed by atoms with Crippen LogP contribution >= 0.6 is 0 Å². The first-order chi connectivity index (χ1) is 10.3. The van der Waals surface area contributed by atoms with Crippen molar-refractivity contribution in [3.8, 4) is 0 Å². The first-order valence-electron chi connectivity index (χ1n) is 7.82. The molecule has 0 saturated heterocycles. The number of likely N-dealkylation sites (N-methyl/N-ethyl adjacent to an activating group) is 1. The predicted molar refractivity (Wildman–Crippen MR) is 91.7 cm³/mol. The van der Waals surface area contributed by atoms with Crippen molar-refractivity contribution in [3.63, 3.8) is 0 Å². The van der Waals surface area contributed by atoms with Gasteiger partial charge in [-0.1, -0.05) is 55.5 Å². The molecule has 0 bridgehead atoms. The molecular formula is C19H26N2. The SMILES string of the molecule is CCN(c1ccccc1)C(CC)(CN)Cc1ccccc1. The largest absolute Gasteiger partial charge is 0.365 e. The van der Waals surface area contributed by atoms with Gasteiger partial charge >= 0.3 is 0 Å². The first-order valence-corrected chi connectivity index (χ1v) is 7.82. The Kier molecular flexibility index (Phi) is 5.40. The van der Waals surface area contributed by atoms with Crippen molar-refractivity contribution in [2.45, 2.75) is 32.2 Å². The standard InChI is InChI=1S/C19H26N2/c1-3-19(16-20,15-17-11-7-5-8-12-17)21(4-2)18-13-9-6-10-14-18/h5-14H,3-4,15-16,20H2,1-2H3. The van der Waals surface area contributed by atoms with Gasteiger partial charge in [-0.3, -0.25) is 0 Å². The molecule has 1 unspecified atom stereocenters. The Morgan fingerprint density at radius 1 is 0.905 bits per heavy atom. The van der Waals surface area contributed by atoms with Crippen molar-refractivity contribution in [3.05, 3.63) is 66.2 Å². The minimum absolute atomic E-state index is 0.0303. The zero-order valence-electron chi connectivity index (χ0n) is 13.1. The summed E-state index contributed by atoms with van der Waals surface area (Å²) in [5.41, 5.74) is 8.81. The maximum Gasteiger partial charge on any atom is 0.0561 e. The van der Waals surface area contributed by atoms with Gasteiger partial charge in [-0.25, -0.2) is 0 Å². The lowest BCUT2D eigenvalue weighted by atomic mass is 9.85. The number of nitrogens with zero attached hydrogens (tertiary/aromatic N) is 1. The van der Waals surface area contributed by atoms with E-state index in [1.54, 1.807) is 0 Å². The molecule has 0 aliphatic carbocycles. The molecule has 0 fully saturated rings. The lowest BCUT2D eigenvalue weighted by Gasteiger charge is -2.44. The van der Waals surface area contributed by atoms with Crippen molar-refractivity contribution in [1.82, 2.24) is 0 Å². The fourth-order valence-electron chi connectivity index (χ4n) is 3.11. The normalized spacial score (nSPS) is 13.7. The molecule has 2 rings (SSSR count). The van der Waals surface area contributed by atoms with Gasteiger partial charge in [0.15, 0.2) is 0 Å². The molecule has 2 aromatic rings. The summed E-state index contributed by atoms with van der Waals surface area (Å²) in [4.78, 5) is 2.46. The number of rotatable bonds is 7. The number of hydrogen-bond donors (Lipinski definition) is 1. The molecule has 2 nitrogen and oxygen atoms in total. The summed E-state index contributed by atoms with van der Waals surface area (Å²) in [6.45, 7) is 6.06. The summed E-state index contributed by atoms with van der Waals surface area (Å²) in [5, 5.41) is 0. The van der Waals surface area contributed by atoms with Gasteiger partial charge in [0.25, 0.3) is 0 Å². The van der Waals surface area contributed by atoms with Crippen LogP contribution in [-0.2, 0) is 6.42 Å². The second-order valence-electron chi connectivity index (χ2n) is 5.52. The van der Waals surface area contributed by atoms with Gasteiger partial charge in [-0.05, 0) is 37.5 Å². The number of nitrogens with two attached hydrogens (primary N) is 1. The van der Waals surface area contributed by atoms with Crippen LogP contribution in [0.25, 0.3) is 0 Å². The molecule has 0 saturated carbocycles. The van der Waals surface area contributed by atoms with Gasteiger partial charge in [-0.15, -0.1) is 0 Å². The molecule has 21 heavy (non-hydrogen) atoms. The van der Waals surface area contributed by atoms with E-state index in [-0.39, 0.29) is 5.54 Å². The van der Waals surface area contributed by atoms with E-state index >= 15 is 0 Å². The van der Waals surface area contributed by atoms with Crippen LogP contribution in [0.15, 0.2) is 60.7 Å². The van der Waals surface area contributed by atoms with Crippen molar-refractivity contribution in [2.24, 2.45) is 5.73 Å². The molecule has 0 amide bonds. The molecular weight excluding hydrogens is 256 g/mol. The number of anilines is 1. The molecule has 2 heteroatoms. The predicted octanol–water partition coefficient (Wildman–Crippen LogP) is 3.86. The second kappa shape index (κ2) is 7.28. The highest BCUT2D eigenvalue weighted by molar-refractivity contribution is 5.49. The van der Waals surface area contributed by atoms with Gasteiger partial charge < -0.3 is 10.6 Å². The average molecular weight is 282 g/mol. The molecule has 0 aliphatic heterocycles. The average Bonchev–Trinajstić information content (AvgIpc) is 2.56. The maximum absolute atomic E-state index is 6.24. The van der Waals surface area contributed by atoms with E-state index in [0.717, 1.165) is 19.4 Å². The van der Waals surface area contributed by atoms with Gasteiger partial charge in [0.05, 0.1) is 5.54 Å². The summed E-state index contributed by atoms with van der Waals surface area (Å²) >= 11 is 0. The summed E-state index contributed by atoms with van der Waals surface area (Å²) in [7, 11) is 0. The molecule has 112 valence electrons. The highest BCUT2D eigenvalue weighted by atomic mass is 15.2. The van der Waals surface area contributed by atoms with E-state index < -0.39 is 0 Å². The van der Waals surface area contributed by atoms with Gasteiger partial charge in [0, 0.05) is 18.8 Å². The smallest absolute Gasteiger partial charge is 0.0561 e. The van der Waals surface area contributed by atoms with E-state index in [9.17, 15) is 0 Å².